The van der Waals surface area contributed by atoms with Gasteiger partial charge in [-0.25, -0.2) is 0 Å². The van der Waals surface area contributed by atoms with Gasteiger partial charge in [-0.3, -0.25) is 4.68 Å². The Hall–Kier alpha value is -0.910. The number of aliphatic hydroxyl groups is 1. The molecule has 1 aromatic heterocycles. The van der Waals surface area contributed by atoms with Crippen LogP contribution in [-0.4, -0.2) is 59.1 Å². The van der Waals surface area contributed by atoms with E-state index in [1.165, 1.54) is 0 Å². The predicted molar refractivity (Wildman–Crippen MR) is 73.4 cm³/mol. The van der Waals surface area contributed by atoms with E-state index >= 15 is 0 Å². The second-order valence-electron chi connectivity index (χ2n) is 5.40. The Balaban J connectivity index is 2.32. The van der Waals surface area contributed by atoms with Crippen LogP contribution in [0, 0.1) is 5.92 Å². The van der Waals surface area contributed by atoms with Crippen molar-refractivity contribution in [3.05, 3.63) is 18.5 Å². The highest BCUT2D eigenvalue weighted by atomic mass is 16.3. The number of likely N-dealkylation sites (N-methyl/N-ethyl adjacent to an activating group) is 1. The Morgan fingerprint density at radius 2 is 2.11 bits per heavy atom. The topological polar surface area (TPSA) is 53.3 Å². The van der Waals surface area contributed by atoms with Gasteiger partial charge >= 0.3 is 0 Å². The lowest BCUT2D eigenvalue weighted by Crippen LogP contribution is -2.45. The van der Waals surface area contributed by atoms with Gasteiger partial charge in [-0.15, -0.1) is 0 Å². The van der Waals surface area contributed by atoms with Gasteiger partial charge in [0.25, 0.3) is 0 Å². The van der Waals surface area contributed by atoms with Crippen molar-refractivity contribution < 1.29 is 5.11 Å². The van der Waals surface area contributed by atoms with Crippen LogP contribution in [0.3, 0.4) is 0 Å². The molecule has 1 rings (SSSR count). The number of aliphatic hydroxyl groups excluding tert-OH is 1. The lowest BCUT2D eigenvalue weighted by atomic mass is 10.0. The van der Waals surface area contributed by atoms with Gasteiger partial charge in [0.1, 0.15) is 0 Å². The van der Waals surface area contributed by atoms with Crippen LogP contribution in [0.25, 0.3) is 0 Å². The van der Waals surface area contributed by atoms with Crippen molar-refractivity contribution in [2.24, 2.45) is 5.92 Å². The van der Waals surface area contributed by atoms with Crippen molar-refractivity contribution in [3.8, 4) is 0 Å². The Morgan fingerprint density at radius 1 is 1.39 bits per heavy atom. The van der Waals surface area contributed by atoms with Crippen molar-refractivity contribution in [2.45, 2.75) is 32.5 Å². The average molecular weight is 254 g/mol. The van der Waals surface area contributed by atoms with Crippen molar-refractivity contribution in [1.29, 1.82) is 0 Å². The molecule has 0 saturated carbocycles. The van der Waals surface area contributed by atoms with Gasteiger partial charge in [-0.2, -0.15) is 5.10 Å². The van der Waals surface area contributed by atoms with E-state index in [1.807, 2.05) is 12.3 Å². The molecule has 18 heavy (non-hydrogen) atoms. The summed E-state index contributed by atoms with van der Waals surface area (Å²) in [6, 6.07) is 2.26. The van der Waals surface area contributed by atoms with Crippen LogP contribution in [0.1, 0.15) is 13.8 Å². The molecule has 0 radical (unpaired) electrons. The highest BCUT2D eigenvalue weighted by Crippen LogP contribution is 2.03. The normalized spacial score (nSPS) is 15.3. The maximum absolute atomic E-state index is 9.95. The molecule has 104 valence electrons. The summed E-state index contributed by atoms with van der Waals surface area (Å²) in [6.45, 7) is 6.50. The van der Waals surface area contributed by atoms with Crippen LogP contribution in [-0.2, 0) is 6.54 Å². The first-order chi connectivity index (χ1) is 8.49. The summed E-state index contributed by atoms with van der Waals surface area (Å²) in [5.41, 5.74) is 0. The third-order valence-corrected chi connectivity index (χ3v) is 2.94. The molecule has 0 aromatic carbocycles. The van der Waals surface area contributed by atoms with Gasteiger partial charge in [0, 0.05) is 31.5 Å². The Kier molecular flexibility index (Phi) is 6.32. The molecule has 2 N–H and O–H groups in total. The molecule has 0 amide bonds. The first-order valence-corrected chi connectivity index (χ1v) is 6.52. The van der Waals surface area contributed by atoms with Crippen molar-refractivity contribution >= 4 is 0 Å². The second-order valence-corrected chi connectivity index (χ2v) is 5.40. The third kappa shape index (κ3) is 5.62. The van der Waals surface area contributed by atoms with Crippen molar-refractivity contribution in [1.82, 2.24) is 20.0 Å². The van der Waals surface area contributed by atoms with Crippen LogP contribution in [0.2, 0.25) is 0 Å². The largest absolute Gasteiger partial charge is 0.390 e. The zero-order valence-corrected chi connectivity index (χ0v) is 11.9. The maximum Gasteiger partial charge on any atom is 0.0860 e. The molecule has 0 saturated heterocycles. The minimum absolute atomic E-state index is 0.396. The van der Waals surface area contributed by atoms with Gasteiger partial charge in [0.2, 0.25) is 0 Å². The number of nitrogens with one attached hydrogen (secondary N) is 1. The molecule has 1 heterocycles. The zero-order valence-electron chi connectivity index (χ0n) is 11.9. The average Bonchev–Trinajstić information content (AvgIpc) is 2.76. The predicted octanol–water partition coefficient (Wildman–Crippen LogP) is 0.420. The highest BCUT2D eigenvalue weighted by molar-refractivity contribution is 4.80. The first-order valence-electron chi connectivity index (χ1n) is 6.52. The number of hydrogen-bond donors (Lipinski definition) is 2. The molecule has 2 atom stereocenters. The van der Waals surface area contributed by atoms with Gasteiger partial charge in [0.05, 0.1) is 12.6 Å². The summed E-state index contributed by atoms with van der Waals surface area (Å²) in [5.74, 6) is 0.546. The molecule has 0 aliphatic heterocycles. The van der Waals surface area contributed by atoms with Gasteiger partial charge in [-0.1, -0.05) is 13.8 Å². The Labute approximate surface area is 110 Å². The summed E-state index contributed by atoms with van der Waals surface area (Å²) in [6.07, 6.45) is 3.18. The van der Waals surface area contributed by atoms with Crippen molar-refractivity contribution in [2.75, 3.05) is 27.2 Å². The van der Waals surface area contributed by atoms with E-state index < -0.39 is 6.10 Å². The van der Waals surface area contributed by atoms with E-state index in [4.69, 9.17) is 0 Å². The minimum atomic E-state index is -0.409. The molecule has 0 spiro atoms. The molecule has 2 unspecified atom stereocenters. The monoisotopic (exact) mass is 254 g/mol. The number of rotatable bonds is 8. The van der Waals surface area contributed by atoms with Crippen LogP contribution < -0.4 is 5.32 Å². The third-order valence-electron chi connectivity index (χ3n) is 2.94. The first kappa shape index (κ1) is 15.1. The molecule has 5 nitrogen and oxygen atoms in total. The standard InChI is InChI=1S/C13H26N4O/c1-11(2)13(10-16(3)4)14-8-12(18)9-17-7-5-6-15-17/h5-7,11-14,18H,8-10H2,1-4H3. The summed E-state index contributed by atoms with van der Waals surface area (Å²) in [5, 5.41) is 17.5. The van der Waals surface area contributed by atoms with E-state index in [0.29, 0.717) is 25.0 Å². The summed E-state index contributed by atoms with van der Waals surface area (Å²) in [7, 11) is 4.13. The maximum atomic E-state index is 9.95. The Bertz CT molecular complexity index is 311. The van der Waals surface area contributed by atoms with Gasteiger partial charge < -0.3 is 15.3 Å². The van der Waals surface area contributed by atoms with Crippen LogP contribution in [0.4, 0.5) is 0 Å². The van der Waals surface area contributed by atoms with Crippen molar-refractivity contribution in [3.63, 3.8) is 0 Å². The fourth-order valence-electron chi connectivity index (χ4n) is 1.88. The molecule has 0 aliphatic rings. The fourth-order valence-corrected chi connectivity index (χ4v) is 1.88. The number of nitrogens with zero attached hydrogens (tertiary/aromatic N) is 3. The molecule has 0 fully saturated rings. The van der Waals surface area contributed by atoms with E-state index in [0.717, 1.165) is 6.54 Å². The smallest absolute Gasteiger partial charge is 0.0860 e. The minimum Gasteiger partial charge on any atom is -0.390 e. The van der Waals surface area contributed by atoms with E-state index in [-0.39, 0.29) is 0 Å². The molecule has 1 aromatic rings. The fraction of sp³-hybridized carbons (Fsp3) is 0.769. The molecule has 5 heteroatoms. The van der Waals surface area contributed by atoms with Gasteiger partial charge in [0.15, 0.2) is 0 Å². The van der Waals surface area contributed by atoms with Gasteiger partial charge in [-0.05, 0) is 26.1 Å². The lowest BCUT2D eigenvalue weighted by molar-refractivity contribution is 0.136. The van der Waals surface area contributed by atoms with Crippen LogP contribution in [0.15, 0.2) is 18.5 Å². The van der Waals surface area contributed by atoms with Crippen LogP contribution >= 0.6 is 0 Å². The van der Waals surface area contributed by atoms with E-state index in [9.17, 15) is 5.11 Å². The van der Waals surface area contributed by atoms with Crippen LogP contribution in [0.5, 0.6) is 0 Å². The number of hydrogen-bond acceptors (Lipinski definition) is 4. The molecular formula is C13H26N4O. The zero-order chi connectivity index (χ0) is 13.5. The molecule has 0 bridgehead atoms. The molecule has 0 aliphatic carbocycles. The molecular weight excluding hydrogens is 228 g/mol. The lowest BCUT2D eigenvalue weighted by Gasteiger charge is -2.26. The van der Waals surface area contributed by atoms with E-state index in [1.54, 1.807) is 10.9 Å². The Morgan fingerprint density at radius 3 is 2.61 bits per heavy atom. The summed E-state index contributed by atoms with van der Waals surface area (Å²) >= 11 is 0. The second kappa shape index (κ2) is 7.51. The highest BCUT2D eigenvalue weighted by Gasteiger charge is 2.15. The summed E-state index contributed by atoms with van der Waals surface area (Å²) in [4.78, 5) is 2.16. The SMILES string of the molecule is CC(C)C(CN(C)C)NCC(O)Cn1cccn1. The van der Waals surface area contributed by atoms with E-state index in [2.05, 4.69) is 43.3 Å². The summed E-state index contributed by atoms with van der Waals surface area (Å²) < 4.78 is 1.75. The quantitative estimate of drug-likeness (QED) is 0.706. The number of aromatic nitrogens is 2.